The Morgan fingerprint density at radius 1 is 1.14 bits per heavy atom. The summed E-state index contributed by atoms with van der Waals surface area (Å²) < 4.78 is 0. The molecule has 14 heavy (non-hydrogen) atoms. The molecule has 1 aliphatic rings. The second-order valence-corrected chi connectivity index (χ2v) is 3.93. The molecule has 1 aromatic carbocycles. The Kier molecular flexibility index (Phi) is 3.17. The first kappa shape index (κ1) is 9.69. The molecule has 1 N–H and O–H groups in total. The molecule has 0 amide bonds. The van der Waals surface area contributed by atoms with Gasteiger partial charge in [-0.25, -0.2) is 0 Å². The molecule has 76 valence electrons. The summed E-state index contributed by atoms with van der Waals surface area (Å²) in [5.74, 6) is 0. The maximum absolute atomic E-state index is 9.94. The average molecular weight is 191 g/mol. The van der Waals surface area contributed by atoms with Gasteiger partial charge in [0, 0.05) is 6.54 Å². The van der Waals surface area contributed by atoms with E-state index in [2.05, 4.69) is 4.90 Å². The molecule has 0 aliphatic carbocycles. The van der Waals surface area contributed by atoms with E-state index >= 15 is 0 Å². The fourth-order valence-electron chi connectivity index (χ4n) is 1.99. The highest BCUT2D eigenvalue weighted by molar-refractivity contribution is 5.17. The normalized spacial score (nSPS) is 19.8. The second-order valence-electron chi connectivity index (χ2n) is 3.93. The minimum atomic E-state index is -0.325. The number of benzene rings is 1. The van der Waals surface area contributed by atoms with Crippen LogP contribution in [0.25, 0.3) is 0 Å². The van der Waals surface area contributed by atoms with Crippen molar-refractivity contribution in [2.45, 2.75) is 18.9 Å². The Bertz CT molecular complexity index is 267. The monoisotopic (exact) mass is 191 g/mol. The fourth-order valence-corrected chi connectivity index (χ4v) is 1.99. The summed E-state index contributed by atoms with van der Waals surface area (Å²) in [6, 6.07) is 9.90. The maximum atomic E-state index is 9.94. The Hall–Kier alpha value is -0.860. The van der Waals surface area contributed by atoms with Crippen molar-refractivity contribution in [3.05, 3.63) is 35.9 Å². The van der Waals surface area contributed by atoms with Gasteiger partial charge < -0.3 is 10.0 Å². The largest absolute Gasteiger partial charge is 0.387 e. The van der Waals surface area contributed by atoms with Crippen molar-refractivity contribution >= 4 is 0 Å². The minimum Gasteiger partial charge on any atom is -0.387 e. The van der Waals surface area contributed by atoms with E-state index < -0.39 is 0 Å². The summed E-state index contributed by atoms with van der Waals surface area (Å²) >= 11 is 0. The number of likely N-dealkylation sites (tertiary alicyclic amines) is 1. The van der Waals surface area contributed by atoms with Gasteiger partial charge in [-0.1, -0.05) is 30.3 Å². The quantitative estimate of drug-likeness (QED) is 0.787. The SMILES string of the molecule is O[C@@H](CN1CCCC1)c1ccccc1. The Morgan fingerprint density at radius 2 is 1.79 bits per heavy atom. The van der Waals surface area contributed by atoms with Crippen LogP contribution >= 0.6 is 0 Å². The van der Waals surface area contributed by atoms with Gasteiger partial charge >= 0.3 is 0 Å². The van der Waals surface area contributed by atoms with E-state index in [9.17, 15) is 5.11 Å². The fraction of sp³-hybridized carbons (Fsp3) is 0.500. The van der Waals surface area contributed by atoms with Crippen LogP contribution < -0.4 is 0 Å². The van der Waals surface area contributed by atoms with E-state index in [0.717, 1.165) is 25.2 Å². The Labute approximate surface area is 85.2 Å². The molecular formula is C12H17NO. The zero-order valence-corrected chi connectivity index (χ0v) is 8.39. The highest BCUT2D eigenvalue weighted by atomic mass is 16.3. The van der Waals surface area contributed by atoms with Crippen molar-refractivity contribution in [1.29, 1.82) is 0 Å². The molecule has 0 unspecified atom stereocenters. The van der Waals surface area contributed by atoms with Crippen molar-refractivity contribution in [1.82, 2.24) is 4.90 Å². The summed E-state index contributed by atoms with van der Waals surface area (Å²) in [6.07, 6.45) is 2.23. The van der Waals surface area contributed by atoms with E-state index in [0.29, 0.717) is 0 Å². The van der Waals surface area contributed by atoms with Crippen molar-refractivity contribution in [3.8, 4) is 0 Å². The molecule has 2 rings (SSSR count). The molecule has 1 heterocycles. The number of nitrogens with zero attached hydrogens (tertiary/aromatic N) is 1. The zero-order valence-electron chi connectivity index (χ0n) is 8.39. The van der Waals surface area contributed by atoms with Crippen LogP contribution in [0, 0.1) is 0 Å². The highest BCUT2D eigenvalue weighted by Gasteiger charge is 2.16. The van der Waals surface area contributed by atoms with Gasteiger partial charge in [0.25, 0.3) is 0 Å². The number of β-amino-alcohol motifs (C(OH)–C–C–N with tert-alkyl or cyclic N) is 1. The second kappa shape index (κ2) is 4.58. The average Bonchev–Trinajstić information content (AvgIpc) is 2.72. The van der Waals surface area contributed by atoms with Gasteiger partial charge in [-0.05, 0) is 31.5 Å². The van der Waals surface area contributed by atoms with Crippen molar-refractivity contribution in [2.24, 2.45) is 0 Å². The molecular weight excluding hydrogens is 174 g/mol. The number of aliphatic hydroxyl groups is 1. The highest BCUT2D eigenvalue weighted by Crippen LogP contribution is 2.16. The van der Waals surface area contributed by atoms with Crippen molar-refractivity contribution in [3.63, 3.8) is 0 Å². The van der Waals surface area contributed by atoms with Gasteiger partial charge in [0.05, 0.1) is 6.10 Å². The van der Waals surface area contributed by atoms with Crippen molar-refractivity contribution in [2.75, 3.05) is 19.6 Å². The van der Waals surface area contributed by atoms with Gasteiger partial charge in [0.15, 0.2) is 0 Å². The van der Waals surface area contributed by atoms with Crippen LogP contribution in [0.4, 0.5) is 0 Å². The van der Waals surface area contributed by atoms with Crippen LogP contribution in [-0.4, -0.2) is 29.6 Å². The van der Waals surface area contributed by atoms with E-state index in [-0.39, 0.29) is 6.10 Å². The third-order valence-electron chi connectivity index (χ3n) is 2.81. The van der Waals surface area contributed by atoms with Gasteiger partial charge in [0.1, 0.15) is 0 Å². The third-order valence-corrected chi connectivity index (χ3v) is 2.81. The standard InChI is InChI=1S/C12H17NO/c14-12(10-13-8-4-5-9-13)11-6-2-1-3-7-11/h1-3,6-7,12,14H,4-5,8-10H2/t12-/m0/s1. The summed E-state index contributed by atoms with van der Waals surface area (Å²) in [5.41, 5.74) is 1.03. The van der Waals surface area contributed by atoms with Crippen molar-refractivity contribution < 1.29 is 5.11 Å². The van der Waals surface area contributed by atoms with Gasteiger partial charge in [-0.2, -0.15) is 0 Å². The van der Waals surface area contributed by atoms with E-state index in [1.54, 1.807) is 0 Å². The first-order valence-electron chi connectivity index (χ1n) is 5.31. The summed E-state index contributed by atoms with van der Waals surface area (Å²) in [5, 5.41) is 9.94. The number of aliphatic hydroxyl groups excluding tert-OH is 1. The first-order chi connectivity index (χ1) is 6.86. The summed E-state index contributed by atoms with van der Waals surface area (Å²) in [7, 11) is 0. The first-order valence-corrected chi connectivity index (χ1v) is 5.31. The Morgan fingerprint density at radius 3 is 2.43 bits per heavy atom. The van der Waals surface area contributed by atoms with Crippen LogP contribution in [-0.2, 0) is 0 Å². The van der Waals surface area contributed by atoms with Crippen LogP contribution in [0.5, 0.6) is 0 Å². The summed E-state index contributed by atoms with van der Waals surface area (Å²) in [4.78, 5) is 2.33. The molecule has 1 aromatic rings. The molecule has 1 fully saturated rings. The predicted octanol–water partition coefficient (Wildman–Crippen LogP) is 1.82. The lowest BCUT2D eigenvalue weighted by Gasteiger charge is -2.19. The number of hydrogen-bond acceptors (Lipinski definition) is 2. The number of hydrogen-bond donors (Lipinski definition) is 1. The van der Waals surface area contributed by atoms with Gasteiger partial charge in [-0.3, -0.25) is 0 Å². The topological polar surface area (TPSA) is 23.5 Å². The molecule has 0 saturated carbocycles. The minimum absolute atomic E-state index is 0.325. The zero-order chi connectivity index (χ0) is 9.80. The Balaban J connectivity index is 1.92. The van der Waals surface area contributed by atoms with Crippen LogP contribution in [0.2, 0.25) is 0 Å². The molecule has 0 bridgehead atoms. The van der Waals surface area contributed by atoms with Crippen LogP contribution in [0.1, 0.15) is 24.5 Å². The van der Waals surface area contributed by atoms with E-state index in [1.807, 2.05) is 30.3 Å². The predicted molar refractivity (Wildman–Crippen MR) is 57.1 cm³/mol. The maximum Gasteiger partial charge on any atom is 0.0916 e. The molecule has 0 spiro atoms. The van der Waals surface area contributed by atoms with E-state index in [1.165, 1.54) is 12.8 Å². The molecule has 0 aromatic heterocycles. The molecule has 1 aliphatic heterocycles. The molecule has 1 saturated heterocycles. The summed E-state index contributed by atoms with van der Waals surface area (Å²) in [6.45, 7) is 3.07. The van der Waals surface area contributed by atoms with Crippen LogP contribution in [0.15, 0.2) is 30.3 Å². The van der Waals surface area contributed by atoms with Gasteiger partial charge in [-0.15, -0.1) is 0 Å². The third kappa shape index (κ3) is 2.34. The molecule has 1 atom stereocenters. The van der Waals surface area contributed by atoms with Crippen LogP contribution in [0.3, 0.4) is 0 Å². The lowest BCUT2D eigenvalue weighted by atomic mass is 10.1. The molecule has 0 radical (unpaired) electrons. The lowest BCUT2D eigenvalue weighted by molar-refractivity contribution is 0.126. The molecule has 2 heteroatoms. The number of rotatable bonds is 3. The molecule has 2 nitrogen and oxygen atoms in total. The lowest BCUT2D eigenvalue weighted by Crippen LogP contribution is -2.25. The van der Waals surface area contributed by atoms with Gasteiger partial charge in [0.2, 0.25) is 0 Å². The van der Waals surface area contributed by atoms with E-state index in [4.69, 9.17) is 0 Å². The smallest absolute Gasteiger partial charge is 0.0916 e.